The van der Waals surface area contributed by atoms with Gasteiger partial charge in [0.15, 0.2) is 0 Å². The van der Waals surface area contributed by atoms with Crippen LogP contribution in [0.4, 0.5) is 0 Å². The highest BCUT2D eigenvalue weighted by Crippen LogP contribution is 2.17. The molecule has 1 aliphatic heterocycles. The molecule has 2 N–H and O–H groups in total. The van der Waals surface area contributed by atoms with Gasteiger partial charge in [-0.1, -0.05) is 0 Å². The van der Waals surface area contributed by atoms with Crippen molar-refractivity contribution in [2.24, 2.45) is 5.14 Å². The molecule has 1 heterocycles. The summed E-state index contributed by atoms with van der Waals surface area (Å²) in [5, 5.41) is 4.88. The van der Waals surface area contributed by atoms with E-state index in [1.54, 1.807) is 4.90 Å². The molecule has 1 fully saturated rings. The van der Waals surface area contributed by atoms with E-state index in [1.807, 2.05) is 6.92 Å². The standard InChI is InChI=1S/C8H16N2O3S/c1-7-3-2-4-8(11)10(7)5-6-14(9,12)13/h7H,2-6H2,1H3,(H2,9,12,13)/t7-/m0/s1. The van der Waals surface area contributed by atoms with Gasteiger partial charge in [0.1, 0.15) is 0 Å². The molecule has 0 saturated carbocycles. The highest BCUT2D eigenvalue weighted by Gasteiger charge is 2.25. The molecule has 1 aliphatic rings. The lowest BCUT2D eigenvalue weighted by Crippen LogP contribution is -2.44. The Balaban J connectivity index is 2.53. The van der Waals surface area contributed by atoms with Gasteiger partial charge in [-0.05, 0) is 19.8 Å². The van der Waals surface area contributed by atoms with Crippen LogP contribution in [0.15, 0.2) is 0 Å². The van der Waals surface area contributed by atoms with E-state index >= 15 is 0 Å². The number of amides is 1. The van der Waals surface area contributed by atoms with Crippen LogP contribution in [0.5, 0.6) is 0 Å². The number of rotatable bonds is 3. The largest absolute Gasteiger partial charge is 0.339 e. The second-order valence-corrected chi connectivity index (χ2v) is 5.43. The summed E-state index contributed by atoms with van der Waals surface area (Å²) in [6.45, 7) is 2.15. The van der Waals surface area contributed by atoms with Crippen molar-refractivity contribution in [2.45, 2.75) is 32.2 Å². The molecule has 1 rings (SSSR count). The van der Waals surface area contributed by atoms with E-state index in [-0.39, 0.29) is 24.2 Å². The summed E-state index contributed by atoms with van der Waals surface area (Å²) >= 11 is 0. The van der Waals surface area contributed by atoms with E-state index in [0.717, 1.165) is 12.8 Å². The molecule has 0 aliphatic carbocycles. The van der Waals surface area contributed by atoms with Crippen LogP contribution < -0.4 is 5.14 Å². The fraction of sp³-hybridized carbons (Fsp3) is 0.875. The molecule has 1 saturated heterocycles. The molecular formula is C8H16N2O3S. The van der Waals surface area contributed by atoms with Crippen LogP contribution in [-0.4, -0.2) is 37.6 Å². The predicted molar refractivity (Wildman–Crippen MR) is 53.0 cm³/mol. The third-order valence-corrected chi connectivity index (χ3v) is 3.23. The van der Waals surface area contributed by atoms with Gasteiger partial charge in [0.05, 0.1) is 5.75 Å². The van der Waals surface area contributed by atoms with Gasteiger partial charge in [-0.15, -0.1) is 0 Å². The maximum Gasteiger partial charge on any atom is 0.222 e. The Labute approximate surface area is 84.3 Å². The topological polar surface area (TPSA) is 80.5 Å². The van der Waals surface area contributed by atoms with E-state index in [1.165, 1.54) is 0 Å². The van der Waals surface area contributed by atoms with Crippen molar-refractivity contribution in [2.75, 3.05) is 12.3 Å². The van der Waals surface area contributed by atoms with Gasteiger partial charge in [0, 0.05) is 19.0 Å². The summed E-state index contributed by atoms with van der Waals surface area (Å²) < 4.78 is 21.5. The zero-order chi connectivity index (χ0) is 10.8. The summed E-state index contributed by atoms with van der Waals surface area (Å²) in [6.07, 6.45) is 2.36. The lowest BCUT2D eigenvalue weighted by Gasteiger charge is -2.33. The number of nitrogens with zero attached hydrogens (tertiary/aromatic N) is 1. The van der Waals surface area contributed by atoms with Crippen molar-refractivity contribution in [3.63, 3.8) is 0 Å². The van der Waals surface area contributed by atoms with Crippen molar-refractivity contribution >= 4 is 15.9 Å². The fourth-order valence-corrected chi connectivity index (χ4v) is 2.12. The SMILES string of the molecule is C[C@H]1CCCC(=O)N1CCS(N)(=O)=O. The molecule has 1 amide bonds. The molecule has 0 unspecified atom stereocenters. The van der Waals surface area contributed by atoms with E-state index < -0.39 is 10.0 Å². The van der Waals surface area contributed by atoms with Gasteiger partial charge < -0.3 is 4.90 Å². The predicted octanol–water partition coefficient (Wildman–Crippen LogP) is -0.324. The third kappa shape index (κ3) is 3.26. The van der Waals surface area contributed by atoms with Crippen LogP contribution in [0.25, 0.3) is 0 Å². The summed E-state index contributed by atoms with van der Waals surface area (Å²) in [7, 11) is -3.46. The molecule has 5 nitrogen and oxygen atoms in total. The Morgan fingerprint density at radius 1 is 1.57 bits per heavy atom. The first-order valence-corrected chi connectivity index (χ1v) is 6.41. The quantitative estimate of drug-likeness (QED) is 0.707. The number of hydrogen-bond donors (Lipinski definition) is 1. The normalized spacial score (nSPS) is 24.0. The van der Waals surface area contributed by atoms with Gasteiger partial charge in [-0.25, -0.2) is 13.6 Å². The van der Waals surface area contributed by atoms with E-state index in [4.69, 9.17) is 5.14 Å². The number of nitrogens with two attached hydrogens (primary N) is 1. The first-order valence-electron chi connectivity index (χ1n) is 4.70. The monoisotopic (exact) mass is 220 g/mol. The van der Waals surface area contributed by atoms with E-state index in [2.05, 4.69) is 0 Å². The average Bonchev–Trinajstić information content (AvgIpc) is 2.01. The number of piperidine rings is 1. The van der Waals surface area contributed by atoms with Crippen LogP contribution in [0.1, 0.15) is 26.2 Å². The number of hydrogen-bond acceptors (Lipinski definition) is 3. The number of likely N-dealkylation sites (tertiary alicyclic amines) is 1. The number of carbonyl (C=O) groups is 1. The maximum absolute atomic E-state index is 11.4. The fourth-order valence-electron chi connectivity index (χ4n) is 1.66. The highest BCUT2D eigenvalue weighted by atomic mass is 32.2. The van der Waals surface area contributed by atoms with Gasteiger partial charge >= 0.3 is 0 Å². The average molecular weight is 220 g/mol. The first kappa shape index (κ1) is 11.5. The molecule has 0 aromatic heterocycles. The molecular weight excluding hydrogens is 204 g/mol. The highest BCUT2D eigenvalue weighted by molar-refractivity contribution is 7.89. The summed E-state index contributed by atoms with van der Waals surface area (Å²) in [5.41, 5.74) is 0. The Kier molecular flexibility index (Phi) is 3.49. The van der Waals surface area contributed by atoms with Crippen LogP contribution >= 0.6 is 0 Å². The number of sulfonamides is 1. The second kappa shape index (κ2) is 4.27. The molecule has 1 atom stereocenters. The van der Waals surface area contributed by atoms with Crippen LogP contribution in [-0.2, 0) is 14.8 Å². The van der Waals surface area contributed by atoms with Crippen molar-refractivity contribution in [3.05, 3.63) is 0 Å². The van der Waals surface area contributed by atoms with Gasteiger partial charge in [-0.3, -0.25) is 4.79 Å². The van der Waals surface area contributed by atoms with Gasteiger partial charge in [0.2, 0.25) is 15.9 Å². The minimum Gasteiger partial charge on any atom is -0.339 e. The van der Waals surface area contributed by atoms with Crippen LogP contribution in [0.3, 0.4) is 0 Å². The summed E-state index contributed by atoms with van der Waals surface area (Å²) in [5.74, 6) is -0.115. The van der Waals surface area contributed by atoms with Crippen LogP contribution in [0, 0.1) is 0 Å². The third-order valence-electron chi connectivity index (χ3n) is 2.48. The molecule has 82 valence electrons. The Bertz CT molecular complexity index is 313. The smallest absolute Gasteiger partial charge is 0.222 e. The van der Waals surface area contributed by atoms with Crippen molar-refractivity contribution in [3.8, 4) is 0 Å². The van der Waals surface area contributed by atoms with Crippen LogP contribution in [0.2, 0.25) is 0 Å². The molecule has 0 spiro atoms. The molecule has 0 bridgehead atoms. The molecule has 14 heavy (non-hydrogen) atoms. The zero-order valence-corrected chi connectivity index (χ0v) is 9.09. The van der Waals surface area contributed by atoms with Crippen molar-refractivity contribution < 1.29 is 13.2 Å². The minimum atomic E-state index is -3.46. The second-order valence-electron chi connectivity index (χ2n) is 3.70. The van der Waals surface area contributed by atoms with E-state index in [9.17, 15) is 13.2 Å². The lowest BCUT2D eigenvalue weighted by atomic mass is 10.0. The number of primary sulfonamides is 1. The molecule has 0 radical (unpaired) electrons. The minimum absolute atomic E-state index is 0.0346. The Morgan fingerprint density at radius 2 is 2.21 bits per heavy atom. The zero-order valence-electron chi connectivity index (χ0n) is 8.27. The summed E-state index contributed by atoms with van der Waals surface area (Å²) in [6, 6.07) is 0.137. The van der Waals surface area contributed by atoms with Gasteiger partial charge in [0.25, 0.3) is 0 Å². The summed E-state index contributed by atoms with van der Waals surface area (Å²) in [4.78, 5) is 13.0. The van der Waals surface area contributed by atoms with E-state index in [0.29, 0.717) is 6.42 Å². The van der Waals surface area contributed by atoms with Crippen molar-refractivity contribution in [1.29, 1.82) is 0 Å². The maximum atomic E-state index is 11.4. The first-order chi connectivity index (χ1) is 6.40. The molecule has 6 heteroatoms. The van der Waals surface area contributed by atoms with Crippen molar-refractivity contribution in [1.82, 2.24) is 4.90 Å². The Morgan fingerprint density at radius 3 is 2.71 bits per heavy atom. The Hall–Kier alpha value is -0.620. The molecule has 0 aromatic carbocycles. The lowest BCUT2D eigenvalue weighted by molar-refractivity contribution is -0.135. The number of carbonyl (C=O) groups excluding carboxylic acids is 1. The molecule has 0 aromatic rings. The van der Waals surface area contributed by atoms with Gasteiger partial charge in [-0.2, -0.15) is 0 Å².